The second kappa shape index (κ2) is 4.19. The molecular weight excluding hydrogens is 248 g/mol. The van der Waals surface area contributed by atoms with Crippen molar-refractivity contribution in [2.24, 2.45) is 11.8 Å². The average Bonchev–Trinajstić information content (AvgIpc) is 3.03. The van der Waals surface area contributed by atoms with E-state index < -0.39 is 14.6 Å². The molecule has 0 radical (unpaired) electrons. The third-order valence-corrected chi connectivity index (χ3v) is 6.34. The van der Waals surface area contributed by atoms with E-state index in [2.05, 4.69) is 0 Å². The molecule has 0 amide bonds. The van der Waals surface area contributed by atoms with Crippen molar-refractivity contribution < 1.29 is 13.2 Å². The van der Waals surface area contributed by atoms with Gasteiger partial charge in [0.2, 0.25) is 0 Å². The SMILES string of the molecule is CC(C)C(=O)[C@]1(S(=O)(=O)c2ccccc2)C[C@@H]1C. The van der Waals surface area contributed by atoms with Gasteiger partial charge in [0.25, 0.3) is 0 Å². The number of benzene rings is 1. The van der Waals surface area contributed by atoms with Crippen molar-refractivity contribution in [2.45, 2.75) is 36.8 Å². The Morgan fingerprint density at radius 1 is 1.28 bits per heavy atom. The molecule has 98 valence electrons. The summed E-state index contributed by atoms with van der Waals surface area (Å²) in [4.78, 5) is 12.5. The third-order valence-electron chi connectivity index (χ3n) is 3.72. The number of hydrogen-bond acceptors (Lipinski definition) is 3. The summed E-state index contributed by atoms with van der Waals surface area (Å²) < 4.78 is 24.1. The summed E-state index contributed by atoms with van der Waals surface area (Å²) in [7, 11) is -3.57. The van der Waals surface area contributed by atoms with Crippen molar-refractivity contribution >= 4 is 15.6 Å². The maximum Gasteiger partial charge on any atom is 0.191 e. The lowest BCUT2D eigenvalue weighted by Gasteiger charge is -2.18. The van der Waals surface area contributed by atoms with Crippen molar-refractivity contribution in [1.29, 1.82) is 0 Å². The van der Waals surface area contributed by atoms with Gasteiger partial charge >= 0.3 is 0 Å². The first-order chi connectivity index (χ1) is 8.34. The molecule has 0 aliphatic heterocycles. The smallest absolute Gasteiger partial charge is 0.191 e. The fourth-order valence-corrected chi connectivity index (χ4v) is 4.98. The molecule has 3 nitrogen and oxygen atoms in total. The molecule has 2 atom stereocenters. The Labute approximate surface area is 108 Å². The lowest BCUT2D eigenvalue weighted by molar-refractivity contribution is -0.122. The van der Waals surface area contributed by atoms with E-state index in [-0.39, 0.29) is 22.5 Å². The van der Waals surface area contributed by atoms with Gasteiger partial charge in [-0.15, -0.1) is 0 Å². The first kappa shape index (κ1) is 13.3. The molecule has 2 rings (SSSR count). The van der Waals surface area contributed by atoms with E-state index in [1.54, 1.807) is 44.2 Å². The van der Waals surface area contributed by atoms with Gasteiger partial charge in [-0.2, -0.15) is 0 Å². The minimum absolute atomic E-state index is 0.0855. The highest BCUT2D eigenvalue weighted by molar-refractivity contribution is 7.94. The summed E-state index contributed by atoms with van der Waals surface area (Å²) in [6.45, 7) is 5.35. The van der Waals surface area contributed by atoms with E-state index in [4.69, 9.17) is 0 Å². The van der Waals surface area contributed by atoms with E-state index >= 15 is 0 Å². The molecule has 0 spiro atoms. The second-order valence-corrected chi connectivity index (χ2v) is 7.54. The van der Waals surface area contributed by atoms with Crippen molar-refractivity contribution in [3.8, 4) is 0 Å². The third kappa shape index (κ3) is 1.70. The molecule has 18 heavy (non-hydrogen) atoms. The second-order valence-electron chi connectivity index (χ2n) is 5.33. The Balaban J connectivity index is 2.50. The van der Waals surface area contributed by atoms with Gasteiger partial charge in [0.05, 0.1) is 4.90 Å². The van der Waals surface area contributed by atoms with Crippen LogP contribution in [-0.2, 0) is 14.6 Å². The molecule has 0 saturated heterocycles. The predicted molar refractivity (Wildman–Crippen MR) is 70.0 cm³/mol. The molecule has 0 unspecified atom stereocenters. The Kier molecular flexibility index (Phi) is 3.09. The minimum Gasteiger partial charge on any atom is -0.298 e. The van der Waals surface area contributed by atoms with E-state index in [1.165, 1.54) is 0 Å². The monoisotopic (exact) mass is 266 g/mol. The van der Waals surface area contributed by atoms with Gasteiger partial charge < -0.3 is 0 Å². The average molecular weight is 266 g/mol. The van der Waals surface area contributed by atoms with Crippen LogP contribution in [0.5, 0.6) is 0 Å². The number of hydrogen-bond donors (Lipinski definition) is 0. The number of rotatable bonds is 4. The van der Waals surface area contributed by atoms with E-state index in [0.717, 1.165) is 0 Å². The maximum absolute atomic E-state index is 12.7. The molecule has 1 aromatic carbocycles. The summed E-state index contributed by atoms with van der Waals surface area (Å²) in [5, 5.41) is 0. The predicted octanol–water partition coefficient (Wildman–Crippen LogP) is 2.46. The summed E-state index contributed by atoms with van der Waals surface area (Å²) >= 11 is 0. The van der Waals surface area contributed by atoms with E-state index in [9.17, 15) is 13.2 Å². The van der Waals surface area contributed by atoms with Crippen LogP contribution in [0.4, 0.5) is 0 Å². The van der Waals surface area contributed by atoms with Crippen LogP contribution in [0.3, 0.4) is 0 Å². The summed E-state index contributed by atoms with van der Waals surface area (Å²) in [5.41, 5.74) is 0. The molecule has 0 bridgehead atoms. The van der Waals surface area contributed by atoms with E-state index in [1.807, 2.05) is 6.92 Å². The molecule has 0 N–H and O–H groups in total. The van der Waals surface area contributed by atoms with Crippen molar-refractivity contribution in [3.05, 3.63) is 30.3 Å². The molecule has 0 heterocycles. The zero-order valence-electron chi connectivity index (χ0n) is 10.9. The maximum atomic E-state index is 12.7. The normalized spacial score (nSPS) is 27.2. The first-order valence-electron chi connectivity index (χ1n) is 6.18. The zero-order valence-corrected chi connectivity index (χ0v) is 11.7. The fraction of sp³-hybridized carbons (Fsp3) is 0.500. The molecule has 0 aromatic heterocycles. The van der Waals surface area contributed by atoms with Crippen LogP contribution in [0.2, 0.25) is 0 Å². The topological polar surface area (TPSA) is 51.2 Å². The highest BCUT2D eigenvalue weighted by Crippen LogP contribution is 2.54. The summed E-state index contributed by atoms with van der Waals surface area (Å²) in [5.74, 6) is -0.495. The largest absolute Gasteiger partial charge is 0.298 e. The molecule has 1 aliphatic rings. The molecule has 1 aromatic rings. The molecule has 1 saturated carbocycles. The van der Waals surface area contributed by atoms with Crippen LogP contribution in [0.1, 0.15) is 27.2 Å². The van der Waals surface area contributed by atoms with Gasteiger partial charge in [-0.1, -0.05) is 39.0 Å². The Bertz CT molecular complexity index is 560. The number of ketones is 1. The van der Waals surface area contributed by atoms with Gasteiger partial charge in [0, 0.05) is 5.92 Å². The van der Waals surface area contributed by atoms with Crippen LogP contribution in [0.25, 0.3) is 0 Å². The molecular formula is C14H18O3S. The highest BCUT2D eigenvalue weighted by Gasteiger charge is 2.66. The lowest BCUT2D eigenvalue weighted by atomic mass is 10.0. The first-order valence-corrected chi connectivity index (χ1v) is 7.66. The van der Waals surface area contributed by atoms with Crippen LogP contribution in [0, 0.1) is 11.8 Å². The van der Waals surface area contributed by atoms with Crippen molar-refractivity contribution in [3.63, 3.8) is 0 Å². The van der Waals surface area contributed by atoms with Gasteiger partial charge in [-0.3, -0.25) is 4.79 Å². The Morgan fingerprint density at radius 3 is 2.17 bits per heavy atom. The molecule has 4 heteroatoms. The fourth-order valence-electron chi connectivity index (χ4n) is 2.54. The number of carbonyl (C=O) groups is 1. The Hall–Kier alpha value is -1.16. The van der Waals surface area contributed by atoms with Gasteiger partial charge in [0.1, 0.15) is 4.75 Å². The van der Waals surface area contributed by atoms with Crippen LogP contribution < -0.4 is 0 Å². The van der Waals surface area contributed by atoms with Gasteiger partial charge in [-0.05, 0) is 24.5 Å². The highest BCUT2D eigenvalue weighted by atomic mass is 32.2. The van der Waals surface area contributed by atoms with Crippen molar-refractivity contribution in [1.82, 2.24) is 0 Å². The summed E-state index contributed by atoms with van der Waals surface area (Å²) in [6.07, 6.45) is 0.446. The van der Waals surface area contributed by atoms with E-state index in [0.29, 0.717) is 6.42 Å². The summed E-state index contributed by atoms with van der Waals surface area (Å²) in [6, 6.07) is 8.28. The van der Waals surface area contributed by atoms with Crippen molar-refractivity contribution in [2.75, 3.05) is 0 Å². The molecule has 1 aliphatic carbocycles. The van der Waals surface area contributed by atoms with Gasteiger partial charge in [0.15, 0.2) is 15.6 Å². The van der Waals surface area contributed by atoms with Crippen LogP contribution in [0.15, 0.2) is 35.2 Å². The van der Waals surface area contributed by atoms with Gasteiger partial charge in [-0.25, -0.2) is 8.42 Å². The zero-order chi connectivity index (χ0) is 13.6. The minimum atomic E-state index is -3.57. The number of Topliss-reactive ketones (excluding diaryl/α,β-unsaturated/α-hetero) is 1. The number of carbonyl (C=O) groups excluding carboxylic acids is 1. The quantitative estimate of drug-likeness (QED) is 0.841. The standard InChI is InChI=1S/C14H18O3S/c1-10(2)13(15)14(9-11(14)3)18(16,17)12-7-5-4-6-8-12/h4-8,10-11H,9H2,1-3H3/t11-,14-/m0/s1. The Morgan fingerprint density at radius 2 is 1.78 bits per heavy atom. The van der Waals surface area contributed by atoms with Crippen LogP contribution in [-0.4, -0.2) is 18.9 Å². The lowest BCUT2D eigenvalue weighted by Crippen LogP contribution is -2.37. The van der Waals surface area contributed by atoms with Crippen LogP contribution >= 0.6 is 0 Å². The number of sulfone groups is 1. The molecule has 1 fully saturated rings.